The van der Waals surface area contributed by atoms with Gasteiger partial charge in [-0.25, -0.2) is 0 Å². The van der Waals surface area contributed by atoms with E-state index in [9.17, 15) is 4.79 Å². The molecule has 2 atom stereocenters. The Morgan fingerprint density at radius 1 is 1.03 bits per heavy atom. The van der Waals surface area contributed by atoms with Crippen molar-refractivity contribution < 1.29 is 14.3 Å². The molecule has 0 bridgehead atoms. The number of H-pyrrole nitrogens is 1. The predicted molar refractivity (Wildman–Crippen MR) is 116 cm³/mol. The third-order valence-corrected chi connectivity index (χ3v) is 5.72. The number of nitrogens with one attached hydrogen (secondary N) is 2. The highest BCUT2D eigenvalue weighted by molar-refractivity contribution is 5.93. The molecule has 3 aromatic rings. The van der Waals surface area contributed by atoms with Gasteiger partial charge in [0, 0.05) is 5.56 Å². The van der Waals surface area contributed by atoms with Crippen LogP contribution >= 0.6 is 0 Å². The zero-order chi connectivity index (χ0) is 21.1. The Kier molecular flexibility index (Phi) is 5.74. The van der Waals surface area contributed by atoms with Crippen molar-refractivity contribution in [3.05, 3.63) is 65.4 Å². The molecule has 1 amide bonds. The Morgan fingerprint density at radius 2 is 1.77 bits per heavy atom. The van der Waals surface area contributed by atoms with Crippen molar-refractivity contribution in [2.75, 3.05) is 6.79 Å². The van der Waals surface area contributed by atoms with Gasteiger partial charge in [0.05, 0.1) is 11.7 Å². The van der Waals surface area contributed by atoms with Crippen molar-refractivity contribution in [3.8, 4) is 22.8 Å². The number of rotatable bonds is 7. The molecule has 30 heavy (non-hydrogen) atoms. The Hall–Kier alpha value is -3.28. The number of benzene rings is 2. The van der Waals surface area contributed by atoms with Gasteiger partial charge in [-0.15, -0.1) is 0 Å². The molecule has 6 heteroatoms. The normalized spacial score (nSPS) is 14.4. The van der Waals surface area contributed by atoms with Crippen molar-refractivity contribution in [1.29, 1.82) is 0 Å². The molecule has 1 aromatic heterocycles. The lowest BCUT2D eigenvalue weighted by molar-refractivity contribution is 0.0930. The summed E-state index contributed by atoms with van der Waals surface area (Å²) in [5, 5.41) is 10.3. The highest BCUT2D eigenvalue weighted by Gasteiger charge is 2.19. The van der Waals surface area contributed by atoms with Crippen LogP contribution in [0.4, 0.5) is 0 Å². The Balaban J connectivity index is 1.46. The quantitative estimate of drug-likeness (QED) is 0.566. The molecular weight excluding hydrogens is 378 g/mol. The summed E-state index contributed by atoms with van der Waals surface area (Å²) in [6.45, 7) is 6.71. The molecule has 1 aliphatic heterocycles. The molecule has 156 valence electrons. The minimum Gasteiger partial charge on any atom is -0.454 e. The molecule has 0 saturated carbocycles. The fourth-order valence-corrected chi connectivity index (χ4v) is 3.59. The van der Waals surface area contributed by atoms with E-state index in [0.717, 1.165) is 29.7 Å². The number of hydrogen-bond donors (Lipinski definition) is 2. The first kappa shape index (κ1) is 20.0. The van der Waals surface area contributed by atoms with E-state index in [1.54, 1.807) is 6.07 Å². The largest absolute Gasteiger partial charge is 0.454 e. The third-order valence-electron chi connectivity index (χ3n) is 5.72. The van der Waals surface area contributed by atoms with Crippen LogP contribution < -0.4 is 14.8 Å². The van der Waals surface area contributed by atoms with Gasteiger partial charge in [0.2, 0.25) is 6.79 Å². The number of amides is 1. The average molecular weight is 405 g/mol. The molecule has 2 aromatic carbocycles. The van der Waals surface area contributed by atoms with E-state index in [1.165, 1.54) is 5.56 Å². The van der Waals surface area contributed by atoms with E-state index in [0.29, 0.717) is 23.1 Å². The van der Waals surface area contributed by atoms with Gasteiger partial charge >= 0.3 is 0 Å². The van der Waals surface area contributed by atoms with Gasteiger partial charge in [0.1, 0.15) is 5.69 Å². The van der Waals surface area contributed by atoms with Crippen LogP contribution in [0.1, 0.15) is 67.2 Å². The highest BCUT2D eigenvalue weighted by atomic mass is 16.7. The van der Waals surface area contributed by atoms with E-state index in [1.807, 2.05) is 18.2 Å². The number of fused-ring (bicyclic) bond motifs is 1. The topological polar surface area (TPSA) is 76.2 Å². The molecule has 2 unspecified atom stereocenters. The molecule has 2 heterocycles. The van der Waals surface area contributed by atoms with E-state index in [4.69, 9.17) is 9.47 Å². The monoisotopic (exact) mass is 405 g/mol. The zero-order valence-electron chi connectivity index (χ0n) is 17.6. The van der Waals surface area contributed by atoms with Gasteiger partial charge in [-0.05, 0) is 54.2 Å². The fourth-order valence-electron chi connectivity index (χ4n) is 3.59. The Morgan fingerprint density at radius 3 is 2.50 bits per heavy atom. The summed E-state index contributed by atoms with van der Waals surface area (Å²) in [7, 11) is 0. The van der Waals surface area contributed by atoms with Gasteiger partial charge < -0.3 is 14.8 Å². The predicted octanol–water partition coefficient (Wildman–Crippen LogP) is 5.20. The van der Waals surface area contributed by atoms with Crippen molar-refractivity contribution in [1.82, 2.24) is 15.5 Å². The number of aromatic nitrogens is 2. The van der Waals surface area contributed by atoms with Crippen LogP contribution in [0.15, 0.2) is 48.5 Å². The Bertz CT molecular complexity index is 1030. The summed E-state index contributed by atoms with van der Waals surface area (Å²) < 4.78 is 10.8. The van der Waals surface area contributed by atoms with E-state index >= 15 is 0 Å². The van der Waals surface area contributed by atoms with Crippen LogP contribution in [0.2, 0.25) is 0 Å². The first-order chi connectivity index (χ1) is 14.6. The molecule has 0 spiro atoms. The zero-order valence-corrected chi connectivity index (χ0v) is 17.6. The van der Waals surface area contributed by atoms with Crippen LogP contribution in [0.25, 0.3) is 11.3 Å². The second-order valence-corrected chi connectivity index (χ2v) is 7.65. The van der Waals surface area contributed by atoms with Gasteiger partial charge in [-0.3, -0.25) is 9.89 Å². The van der Waals surface area contributed by atoms with E-state index < -0.39 is 0 Å². The van der Waals surface area contributed by atoms with Crippen LogP contribution in [-0.4, -0.2) is 22.9 Å². The second-order valence-electron chi connectivity index (χ2n) is 7.65. The van der Waals surface area contributed by atoms with E-state index in [2.05, 4.69) is 60.6 Å². The summed E-state index contributed by atoms with van der Waals surface area (Å²) >= 11 is 0. The van der Waals surface area contributed by atoms with Gasteiger partial charge in [0.25, 0.3) is 5.91 Å². The number of nitrogens with zero attached hydrogens (tertiary/aromatic N) is 1. The average Bonchev–Trinajstić information content (AvgIpc) is 3.46. The number of ether oxygens (including phenoxy) is 2. The first-order valence-electron chi connectivity index (χ1n) is 10.4. The van der Waals surface area contributed by atoms with Crippen molar-refractivity contribution in [2.24, 2.45) is 0 Å². The second kappa shape index (κ2) is 8.61. The minimum absolute atomic E-state index is 0.0548. The molecule has 4 rings (SSSR count). The first-order valence-corrected chi connectivity index (χ1v) is 10.4. The van der Waals surface area contributed by atoms with Crippen molar-refractivity contribution in [3.63, 3.8) is 0 Å². The standard InChI is InChI=1S/C24H27N3O3/c1-4-15(3)16-6-8-17(9-7-16)19(5-2)25-24(28)21-13-20(26-27-21)18-10-11-22-23(12-18)30-14-29-22/h6-13,15,19H,4-5,14H2,1-3H3,(H,25,28)(H,26,27). The van der Waals surface area contributed by atoms with E-state index in [-0.39, 0.29) is 18.7 Å². The summed E-state index contributed by atoms with van der Waals surface area (Å²) in [6, 6.07) is 15.9. The Labute approximate surface area is 176 Å². The number of hydrogen-bond acceptors (Lipinski definition) is 4. The molecule has 0 fully saturated rings. The number of carbonyl (C=O) groups excluding carboxylic acids is 1. The van der Waals surface area contributed by atoms with Crippen LogP contribution in [-0.2, 0) is 0 Å². The maximum atomic E-state index is 12.8. The van der Waals surface area contributed by atoms with Crippen LogP contribution in [0.5, 0.6) is 11.5 Å². The summed E-state index contributed by atoms with van der Waals surface area (Å²) in [4.78, 5) is 12.8. The summed E-state index contributed by atoms with van der Waals surface area (Å²) in [6.07, 6.45) is 1.91. The maximum Gasteiger partial charge on any atom is 0.269 e. The summed E-state index contributed by atoms with van der Waals surface area (Å²) in [5.74, 6) is 1.77. The van der Waals surface area contributed by atoms with Gasteiger partial charge in [-0.2, -0.15) is 5.10 Å². The molecule has 2 N–H and O–H groups in total. The van der Waals surface area contributed by atoms with Crippen molar-refractivity contribution in [2.45, 2.75) is 45.6 Å². The molecule has 0 saturated heterocycles. The number of carbonyl (C=O) groups is 1. The van der Waals surface area contributed by atoms with Crippen molar-refractivity contribution >= 4 is 5.91 Å². The summed E-state index contributed by atoms with van der Waals surface area (Å²) in [5.41, 5.74) is 4.40. The smallest absolute Gasteiger partial charge is 0.269 e. The van der Waals surface area contributed by atoms with Crippen LogP contribution in [0.3, 0.4) is 0 Å². The lowest BCUT2D eigenvalue weighted by Gasteiger charge is -2.18. The lowest BCUT2D eigenvalue weighted by atomic mass is 9.95. The minimum atomic E-state index is -0.174. The van der Waals surface area contributed by atoms with Crippen LogP contribution in [0, 0.1) is 0 Å². The third kappa shape index (κ3) is 4.03. The highest BCUT2D eigenvalue weighted by Crippen LogP contribution is 2.35. The van der Waals surface area contributed by atoms with Gasteiger partial charge in [0.15, 0.2) is 11.5 Å². The maximum absolute atomic E-state index is 12.8. The molecule has 1 aliphatic rings. The molecule has 0 radical (unpaired) electrons. The SMILES string of the molecule is CCC(C)c1ccc(C(CC)NC(=O)c2cc(-c3ccc4c(c3)OCO4)n[nH]2)cc1. The van der Waals surface area contributed by atoms with Gasteiger partial charge in [-0.1, -0.05) is 45.0 Å². The molecule has 6 nitrogen and oxygen atoms in total. The fraction of sp³-hybridized carbons (Fsp3) is 0.333. The molecular formula is C24H27N3O3. The lowest BCUT2D eigenvalue weighted by Crippen LogP contribution is -2.28. The number of aromatic amines is 1. The molecule has 0 aliphatic carbocycles.